The number of carbonyl (C=O) groups is 2. The fourth-order valence-corrected chi connectivity index (χ4v) is 5.15. The van der Waals surface area contributed by atoms with Gasteiger partial charge in [-0.2, -0.15) is 0 Å². The maximum Gasteiger partial charge on any atom is 0.253 e. The molecule has 0 aliphatic carbocycles. The molecule has 2 amide bonds. The van der Waals surface area contributed by atoms with Crippen LogP contribution < -0.4 is 19.7 Å². The molecule has 0 bridgehead atoms. The Morgan fingerprint density at radius 2 is 2.00 bits per heavy atom. The molecule has 0 radical (unpaired) electrons. The number of methoxy groups -OCH3 is 1. The van der Waals surface area contributed by atoms with E-state index in [-0.39, 0.29) is 34.0 Å². The first-order valence-corrected chi connectivity index (χ1v) is 13.0. The number of hydrogen-bond donors (Lipinski definition) is 2. The standard InChI is InChI=1S/C23H28ClN3O6S/c1-15(27(34(3,30)31)16-10-11-21(32-2)19(24)13-16)22(28)26-20-9-5-4-8-18(20)23(29)25-14-17-7-6-12-33-17/h4-5,8-11,13,15,17H,6-7,12,14H2,1-3H3,(H,25,29)(H,26,28)/t15-,17+/m0/s1. The zero-order valence-electron chi connectivity index (χ0n) is 19.2. The van der Waals surface area contributed by atoms with Gasteiger partial charge in [-0.3, -0.25) is 13.9 Å². The summed E-state index contributed by atoms with van der Waals surface area (Å²) >= 11 is 6.17. The van der Waals surface area contributed by atoms with E-state index in [0.717, 1.165) is 23.4 Å². The minimum Gasteiger partial charge on any atom is -0.495 e. The normalized spacial score (nSPS) is 16.5. The summed E-state index contributed by atoms with van der Waals surface area (Å²) in [4.78, 5) is 25.8. The van der Waals surface area contributed by atoms with Crippen LogP contribution in [0.3, 0.4) is 0 Å². The Balaban J connectivity index is 1.79. The molecule has 1 fully saturated rings. The molecule has 0 aromatic heterocycles. The van der Waals surface area contributed by atoms with Crippen LogP contribution in [0.25, 0.3) is 0 Å². The number of benzene rings is 2. The third-order valence-electron chi connectivity index (χ3n) is 5.42. The van der Waals surface area contributed by atoms with Crippen molar-refractivity contribution < 1.29 is 27.5 Å². The van der Waals surface area contributed by atoms with E-state index in [1.165, 1.54) is 32.2 Å². The van der Waals surface area contributed by atoms with Crippen LogP contribution in [0.1, 0.15) is 30.1 Å². The average Bonchev–Trinajstić information content (AvgIpc) is 3.31. The quantitative estimate of drug-likeness (QED) is 0.537. The number of hydrogen-bond acceptors (Lipinski definition) is 6. The number of halogens is 1. The molecule has 1 heterocycles. The molecule has 2 atom stereocenters. The van der Waals surface area contributed by atoms with Crippen LogP contribution >= 0.6 is 11.6 Å². The molecule has 0 unspecified atom stereocenters. The topological polar surface area (TPSA) is 114 Å². The Labute approximate surface area is 204 Å². The molecule has 1 aliphatic heterocycles. The smallest absolute Gasteiger partial charge is 0.253 e. The van der Waals surface area contributed by atoms with Gasteiger partial charge in [-0.05, 0) is 50.1 Å². The molecular weight excluding hydrogens is 482 g/mol. The maximum absolute atomic E-state index is 13.1. The number of amides is 2. The molecule has 2 aromatic carbocycles. The molecule has 34 heavy (non-hydrogen) atoms. The fourth-order valence-electron chi connectivity index (χ4n) is 3.74. The monoisotopic (exact) mass is 509 g/mol. The maximum atomic E-state index is 13.1. The van der Waals surface area contributed by atoms with Crippen LogP contribution in [0.5, 0.6) is 5.75 Å². The Kier molecular flexibility index (Phi) is 8.40. The first-order valence-electron chi connectivity index (χ1n) is 10.7. The average molecular weight is 510 g/mol. The van der Waals surface area contributed by atoms with Crippen molar-refractivity contribution >= 4 is 44.8 Å². The van der Waals surface area contributed by atoms with Gasteiger partial charge in [0.05, 0.1) is 41.4 Å². The van der Waals surface area contributed by atoms with Gasteiger partial charge in [-0.25, -0.2) is 8.42 Å². The zero-order valence-corrected chi connectivity index (χ0v) is 20.8. The first-order chi connectivity index (χ1) is 16.1. The van der Waals surface area contributed by atoms with E-state index >= 15 is 0 Å². The van der Waals surface area contributed by atoms with Crippen molar-refractivity contribution in [1.29, 1.82) is 0 Å². The number of ether oxygens (including phenoxy) is 2. The first kappa shape index (κ1) is 25.8. The van der Waals surface area contributed by atoms with E-state index in [0.29, 0.717) is 18.9 Å². The van der Waals surface area contributed by atoms with Gasteiger partial charge in [0.25, 0.3) is 5.91 Å². The van der Waals surface area contributed by atoms with Crippen molar-refractivity contribution in [3.8, 4) is 5.75 Å². The van der Waals surface area contributed by atoms with Crippen molar-refractivity contribution in [1.82, 2.24) is 5.32 Å². The van der Waals surface area contributed by atoms with Crippen LogP contribution in [0.15, 0.2) is 42.5 Å². The van der Waals surface area contributed by atoms with Crippen molar-refractivity contribution in [2.24, 2.45) is 0 Å². The second kappa shape index (κ2) is 11.1. The van der Waals surface area contributed by atoms with E-state index in [4.69, 9.17) is 21.1 Å². The van der Waals surface area contributed by atoms with Crippen LogP contribution in [0.2, 0.25) is 5.02 Å². The predicted octanol–water partition coefficient (Wildman–Crippen LogP) is 3.05. The van der Waals surface area contributed by atoms with Gasteiger partial charge in [0, 0.05) is 13.2 Å². The van der Waals surface area contributed by atoms with E-state index in [9.17, 15) is 18.0 Å². The van der Waals surface area contributed by atoms with Crippen molar-refractivity contribution in [2.45, 2.75) is 31.9 Å². The highest BCUT2D eigenvalue weighted by atomic mass is 35.5. The Morgan fingerprint density at radius 3 is 2.62 bits per heavy atom. The minimum absolute atomic E-state index is 0.0228. The number of para-hydroxylation sites is 1. The van der Waals surface area contributed by atoms with Crippen LogP contribution in [-0.4, -0.2) is 58.9 Å². The predicted molar refractivity (Wildman–Crippen MR) is 131 cm³/mol. The van der Waals surface area contributed by atoms with Gasteiger partial charge in [0.15, 0.2) is 0 Å². The van der Waals surface area contributed by atoms with Crippen LogP contribution in [0.4, 0.5) is 11.4 Å². The van der Waals surface area contributed by atoms with Crippen molar-refractivity contribution in [3.05, 3.63) is 53.1 Å². The highest BCUT2D eigenvalue weighted by Crippen LogP contribution is 2.31. The SMILES string of the molecule is COc1ccc(N([C@@H](C)C(=O)Nc2ccccc2C(=O)NC[C@H]2CCCO2)S(C)(=O)=O)cc1Cl. The van der Waals surface area contributed by atoms with E-state index < -0.39 is 22.0 Å². The lowest BCUT2D eigenvalue weighted by atomic mass is 10.1. The molecule has 2 N–H and O–H groups in total. The summed E-state index contributed by atoms with van der Waals surface area (Å²) in [6.45, 7) is 2.51. The summed E-state index contributed by atoms with van der Waals surface area (Å²) in [5.41, 5.74) is 0.739. The molecule has 2 aromatic rings. The van der Waals surface area contributed by atoms with Crippen molar-refractivity contribution in [2.75, 3.05) is 36.1 Å². The Morgan fingerprint density at radius 1 is 1.26 bits per heavy atom. The second-order valence-corrected chi connectivity index (χ2v) is 10.2. The van der Waals surface area contributed by atoms with E-state index in [1.807, 2.05) is 0 Å². The van der Waals surface area contributed by atoms with Gasteiger partial charge in [-0.15, -0.1) is 0 Å². The van der Waals surface area contributed by atoms with Gasteiger partial charge in [0.1, 0.15) is 11.8 Å². The van der Waals surface area contributed by atoms with Crippen LogP contribution in [0, 0.1) is 0 Å². The third-order valence-corrected chi connectivity index (χ3v) is 6.96. The van der Waals surface area contributed by atoms with Crippen LogP contribution in [-0.2, 0) is 19.6 Å². The molecule has 11 heteroatoms. The lowest BCUT2D eigenvalue weighted by Gasteiger charge is -2.28. The molecule has 1 aliphatic rings. The lowest BCUT2D eigenvalue weighted by Crippen LogP contribution is -2.45. The number of nitrogens with zero attached hydrogens (tertiary/aromatic N) is 1. The van der Waals surface area contributed by atoms with E-state index in [1.54, 1.807) is 24.3 Å². The molecule has 1 saturated heterocycles. The van der Waals surface area contributed by atoms with E-state index in [2.05, 4.69) is 10.6 Å². The summed E-state index contributed by atoms with van der Waals surface area (Å²) in [5, 5.41) is 5.71. The molecule has 0 saturated carbocycles. The summed E-state index contributed by atoms with van der Waals surface area (Å²) < 4.78 is 36.8. The van der Waals surface area contributed by atoms with Gasteiger partial charge in [0.2, 0.25) is 15.9 Å². The fraction of sp³-hybridized carbons (Fsp3) is 0.391. The Hall–Kier alpha value is -2.82. The molecular formula is C23H28ClN3O6S. The highest BCUT2D eigenvalue weighted by molar-refractivity contribution is 7.92. The molecule has 3 rings (SSSR count). The molecule has 184 valence electrons. The van der Waals surface area contributed by atoms with Gasteiger partial charge < -0.3 is 20.1 Å². The summed E-state index contributed by atoms with van der Waals surface area (Å²) in [7, 11) is -2.41. The number of anilines is 2. The summed E-state index contributed by atoms with van der Waals surface area (Å²) in [6.07, 6.45) is 2.82. The number of carbonyl (C=O) groups excluding carboxylic acids is 2. The molecule has 9 nitrogen and oxygen atoms in total. The van der Waals surface area contributed by atoms with Crippen molar-refractivity contribution in [3.63, 3.8) is 0 Å². The lowest BCUT2D eigenvalue weighted by molar-refractivity contribution is -0.116. The Bertz CT molecular complexity index is 1150. The third kappa shape index (κ3) is 6.19. The molecule has 0 spiro atoms. The minimum atomic E-state index is -3.86. The summed E-state index contributed by atoms with van der Waals surface area (Å²) in [5.74, 6) is -0.600. The zero-order chi connectivity index (χ0) is 24.9. The second-order valence-electron chi connectivity index (χ2n) is 7.93. The largest absolute Gasteiger partial charge is 0.495 e. The van der Waals surface area contributed by atoms with Gasteiger partial charge in [-0.1, -0.05) is 23.7 Å². The highest BCUT2D eigenvalue weighted by Gasteiger charge is 2.30. The number of nitrogens with one attached hydrogen (secondary N) is 2. The number of sulfonamides is 1. The summed E-state index contributed by atoms with van der Waals surface area (Å²) in [6, 6.07) is 9.83. The van der Waals surface area contributed by atoms with Gasteiger partial charge >= 0.3 is 0 Å². The number of rotatable bonds is 9.